The zero-order valence-corrected chi connectivity index (χ0v) is 12.0. The van der Waals surface area contributed by atoms with E-state index in [1.165, 1.54) is 5.56 Å². The Morgan fingerprint density at radius 1 is 1.16 bits per heavy atom. The zero-order chi connectivity index (χ0) is 13.2. The summed E-state index contributed by atoms with van der Waals surface area (Å²) in [4.78, 5) is 7.87. The average Bonchev–Trinajstić information content (AvgIpc) is 2.81. The first-order valence-electron chi connectivity index (χ1n) is 6.09. The van der Waals surface area contributed by atoms with Gasteiger partial charge in [-0.2, -0.15) is 0 Å². The fraction of sp³-hybridized carbons (Fsp3) is 0.133. The van der Waals surface area contributed by atoms with Crippen molar-refractivity contribution in [3.63, 3.8) is 0 Å². The number of nitrogens with one attached hydrogen (secondary N) is 1. The lowest BCUT2D eigenvalue weighted by atomic mass is 10.2. The molecule has 1 aromatic heterocycles. The molecule has 1 heterocycles. The Morgan fingerprint density at radius 2 is 1.95 bits per heavy atom. The van der Waals surface area contributed by atoms with Gasteiger partial charge < -0.3 is 4.98 Å². The number of H-pyrrole nitrogens is 1. The Labute approximate surface area is 121 Å². The van der Waals surface area contributed by atoms with E-state index in [0.29, 0.717) is 5.25 Å². The molecule has 0 saturated heterocycles. The smallest absolute Gasteiger partial charge is 0.166 e. The summed E-state index contributed by atoms with van der Waals surface area (Å²) in [6, 6.07) is 16.1. The molecule has 1 N–H and O–H groups in total. The van der Waals surface area contributed by atoms with Crippen molar-refractivity contribution in [3.8, 4) is 0 Å². The summed E-state index contributed by atoms with van der Waals surface area (Å²) in [5.74, 6) is 0. The third-order valence-corrected chi connectivity index (χ3v) is 4.26. The van der Waals surface area contributed by atoms with Gasteiger partial charge in [0.1, 0.15) is 0 Å². The van der Waals surface area contributed by atoms with Crippen molar-refractivity contribution in [1.82, 2.24) is 9.97 Å². The zero-order valence-electron chi connectivity index (χ0n) is 10.4. The van der Waals surface area contributed by atoms with Gasteiger partial charge in [-0.05, 0) is 30.7 Å². The minimum absolute atomic E-state index is 0.359. The number of hydrogen-bond acceptors (Lipinski definition) is 2. The second-order valence-electron chi connectivity index (χ2n) is 4.37. The maximum Gasteiger partial charge on any atom is 0.166 e. The molecule has 4 heteroatoms. The van der Waals surface area contributed by atoms with Gasteiger partial charge in [-0.25, -0.2) is 4.98 Å². The van der Waals surface area contributed by atoms with Gasteiger partial charge in [-0.1, -0.05) is 53.7 Å². The molecule has 0 radical (unpaired) electrons. The monoisotopic (exact) mass is 288 g/mol. The van der Waals surface area contributed by atoms with Crippen LogP contribution in [0.15, 0.2) is 53.7 Å². The molecule has 0 aliphatic carbocycles. The van der Waals surface area contributed by atoms with Crippen molar-refractivity contribution < 1.29 is 0 Å². The van der Waals surface area contributed by atoms with Crippen molar-refractivity contribution in [2.45, 2.75) is 17.3 Å². The van der Waals surface area contributed by atoms with Crippen LogP contribution in [0.1, 0.15) is 17.7 Å². The van der Waals surface area contributed by atoms with Crippen LogP contribution in [-0.4, -0.2) is 9.97 Å². The van der Waals surface area contributed by atoms with Gasteiger partial charge in [-0.15, -0.1) is 0 Å². The van der Waals surface area contributed by atoms with Gasteiger partial charge in [-0.3, -0.25) is 0 Å². The van der Waals surface area contributed by atoms with Gasteiger partial charge in [0, 0.05) is 10.3 Å². The van der Waals surface area contributed by atoms with Crippen molar-refractivity contribution in [2.75, 3.05) is 0 Å². The number of halogens is 1. The summed E-state index contributed by atoms with van der Waals surface area (Å²) in [6.07, 6.45) is 0. The fourth-order valence-corrected chi connectivity index (χ4v) is 3.09. The van der Waals surface area contributed by atoms with Crippen LogP contribution in [0.5, 0.6) is 0 Å². The maximum absolute atomic E-state index is 5.97. The molecule has 0 saturated carbocycles. The molecule has 3 rings (SSSR count). The number of nitrogens with zero attached hydrogens (tertiary/aromatic N) is 1. The Bertz CT molecular complexity index is 694. The standard InChI is InChI=1S/C15H13ClN2S/c1-10(11-5-3-2-4-6-11)19-15-17-13-8-7-12(16)9-14(13)18-15/h2-10H,1H3,(H,17,18)/t10-/m1/s1. The van der Waals surface area contributed by atoms with Gasteiger partial charge >= 0.3 is 0 Å². The number of benzene rings is 2. The third-order valence-electron chi connectivity index (χ3n) is 2.98. The third kappa shape index (κ3) is 2.77. The first-order valence-corrected chi connectivity index (χ1v) is 7.35. The van der Waals surface area contributed by atoms with Gasteiger partial charge in [0.2, 0.25) is 0 Å². The molecule has 0 unspecified atom stereocenters. The summed E-state index contributed by atoms with van der Waals surface area (Å²) in [5.41, 5.74) is 3.23. The Hall–Kier alpha value is -1.45. The Morgan fingerprint density at radius 3 is 2.74 bits per heavy atom. The molecule has 0 amide bonds. The number of imidazole rings is 1. The van der Waals surface area contributed by atoms with Crippen LogP contribution < -0.4 is 0 Å². The molecule has 0 aliphatic heterocycles. The number of hydrogen-bond donors (Lipinski definition) is 1. The van der Waals surface area contributed by atoms with Crippen molar-refractivity contribution in [3.05, 3.63) is 59.1 Å². The van der Waals surface area contributed by atoms with Crippen LogP contribution in [0.3, 0.4) is 0 Å². The minimum Gasteiger partial charge on any atom is -0.333 e. The fourth-order valence-electron chi connectivity index (χ4n) is 1.97. The highest BCUT2D eigenvalue weighted by molar-refractivity contribution is 7.99. The quantitative estimate of drug-likeness (QED) is 0.682. The summed E-state index contributed by atoms with van der Waals surface area (Å²) < 4.78 is 0. The molecule has 0 fully saturated rings. The summed E-state index contributed by atoms with van der Waals surface area (Å²) in [5, 5.41) is 2.01. The number of thioether (sulfide) groups is 1. The molecule has 3 aromatic rings. The summed E-state index contributed by atoms with van der Waals surface area (Å²) in [7, 11) is 0. The maximum atomic E-state index is 5.97. The molecule has 2 nitrogen and oxygen atoms in total. The lowest BCUT2D eigenvalue weighted by Crippen LogP contribution is -1.88. The average molecular weight is 289 g/mol. The van der Waals surface area contributed by atoms with E-state index in [2.05, 4.69) is 41.2 Å². The van der Waals surface area contributed by atoms with Gasteiger partial charge in [0.25, 0.3) is 0 Å². The predicted molar refractivity (Wildman–Crippen MR) is 81.8 cm³/mol. The first kappa shape index (κ1) is 12.6. The molecule has 2 aromatic carbocycles. The number of aromatic nitrogens is 2. The van der Waals surface area contributed by atoms with Gasteiger partial charge in [0.15, 0.2) is 5.16 Å². The SMILES string of the molecule is C[C@@H](Sc1nc2ccc(Cl)cc2[nH]1)c1ccccc1. The predicted octanol–water partition coefficient (Wildman–Crippen LogP) is 5.07. The van der Waals surface area contributed by atoms with E-state index < -0.39 is 0 Å². The van der Waals surface area contributed by atoms with Gasteiger partial charge in [0.05, 0.1) is 11.0 Å². The highest BCUT2D eigenvalue weighted by atomic mass is 35.5. The minimum atomic E-state index is 0.359. The molecule has 1 atom stereocenters. The summed E-state index contributed by atoms with van der Waals surface area (Å²) in [6.45, 7) is 2.18. The lowest BCUT2D eigenvalue weighted by Gasteiger charge is -2.08. The van der Waals surface area contributed by atoms with E-state index in [4.69, 9.17) is 11.6 Å². The Kier molecular flexibility index (Phi) is 3.49. The topological polar surface area (TPSA) is 28.7 Å². The molecule has 0 aliphatic rings. The highest BCUT2D eigenvalue weighted by Gasteiger charge is 2.10. The first-order chi connectivity index (χ1) is 9.22. The lowest BCUT2D eigenvalue weighted by molar-refractivity contribution is 1.03. The van der Waals surface area contributed by atoms with E-state index in [1.807, 2.05) is 24.3 Å². The van der Waals surface area contributed by atoms with Crippen molar-refractivity contribution in [1.29, 1.82) is 0 Å². The van der Waals surface area contributed by atoms with Crippen LogP contribution >= 0.6 is 23.4 Å². The van der Waals surface area contributed by atoms with E-state index >= 15 is 0 Å². The van der Waals surface area contributed by atoms with E-state index in [1.54, 1.807) is 11.8 Å². The molecular formula is C15H13ClN2S. The molecule has 96 valence electrons. The van der Waals surface area contributed by atoms with Crippen LogP contribution in [0.25, 0.3) is 11.0 Å². The Balaban J connectivity index is 1.85. The van der Waals surface area contributed by atoms with Crippen LogP contribution in [0.2, 0.25) is 5.02 Å². The van der Waals surface area contributed by atoms with E-state index in [-0.39, 0.29) is 0 Å². The molecule has 19 heavy (non-hydrogen) atoms. The molecule has 0 spiro atoms. The number of aromatic amines is 1. The van der Waals surface area contributed by atoms with Crippen LogP contribution in [0, 0.1) is 0 Å². The van der Waals surface area contributed by atoms with E-state index in [9.17, 15) is 0 Å². The number of fused-ring (bicyclic) bond motifs is 1. The van der Waals surface area contributed by atoms with Crippen molar-refractivity contribution >= 4 is 34.4 Å². The number of rotatable bonds is 3. The second-order valence-corrected chi connectivity index (χ2v) is 6.14. The molecule has 0 bridgehead atoms. The summed E-state index contributed by atoms with van der Waals surface area (Å²) >= 11 is 7.69. The van der Waals surface area contributed by atoms with Crippen LogP contribution in [-0.2, 0) is 0 Å². The van der Waals surface area contributed by atoms with E-state index in [0.717, 1.165) is 21.2 Å². The van der Waals surface area contributed by atoms with Crippen molar-refractivity contribution in [2.24, 2.45) is 0 Å². The second kappa shape index (κ2) is 5.27. The van der Waals surface area contributed by atoms with Crippen LogP contribution in [0.4, 0.5) is 0 Å². The highest BCUT2D eigenvalue weighted by Crippen LogP contribution is 2.34. The molecular weight excluding hydrogens is 276 g/mol. The normalized spacial score (nSPS) is 12.7. The largest absolute Gasteiger partial charge is 0.333 e.